The van der Waals surface area contributed by atoms with E-state index in [4.69, 9.17) is 10.2 Å². The van der Waals surface area contributed by atoms with Crippen LogP contribution in [-0.2, 0) is 16.1 Å². The van der Waals surface area contributed by atoms with Crippen molar-refractivity contribution in [3.63, 3.8) is 0 Å². The summed E-state index contributed by atoms with van der Waals surface area (Å²) in [7, 11) is 0. The van der Waals surface area contributed by atoms with E-state index in [0.717, 1.165) is 5.56 Å². The molecule has 1 rings (SSSR count). The number of carboxylic acids is 1. The van der Waals surface area contributed by atoms with Crippen LogP contribution in [0.5, 0.6) is 5.75 Å². The summed E-state index contributed by atoms with van der Waals surface area (Å²) in [6.45, 7) is 3.06. The fourth-order valence-corrected chi connectivity index (χ4v) is 1.11. The Morgan fingerprint density at radius 1 is 1.47 bits per heavy atom. The molecule has 1 atom stereocenters. The van der Waals surface area contributed by atoms with Crippen LogP contribution in [0.15, 0.2) is 29.4 Å². The van der Waals surface area contributed by atoms with Gasteiger partial charge in [0.1, 0.15) is 5.75 Å². The Balaban J connectivity index is 2.69. The zero-order valence-electron chi connectivity index (χ0n) is 7.96. The molecule has 0 aliphatic rings. The van der Waals surface area contributed by atoms with Crippen molar-refractivity contribution in [1.82, 2.24) is 0 Å². The van der Waals surface area contributed by atoms with Crippen LogP contribution in [0, 0.1) is 0 Å². The van der Waals surface area contributed by atoms with E-state index in [0.29, 0.717) is 0 Å². The average Bonchev–Trinajstić information content (AvgIpc) is 2.20. The zero-order valence-corrected chi connectivity index (χ0v) is 7.96. The molecular weight excluding hydrogens is 198 g/mol. The minimum absolute atomic E-state index is 0.133. The summed E-state index contributed by atoms with van der Waals surface area (Å²) in [5, 5.41) is 20.9. The third kappa shape index (κ3) is 3.30. The Kier molecular flexibility index (Phi) is 3.68. The molecule has 0 heterocycles. The summed E-state index contributed by atoms with van der Waals surface area (Å²) >= 11 is 0. The predicted molar refractivity (Wildman–Crippen MR) is 53.9 cm³/mol. The molecule has 0 bridgehead atoms. The highest BCUT2D eigenvalue weighted by Crippen LogP contribution is 2.12. The van der Waals surface area contributed by atoms with Gasteiger partial charge in [-0.25, -0.2) is 4.79 Å². The smallest absolute Gasteiger partial charge is 0.348 e. The van der Waals surface area contributed by atoms with Gasteiger partial charge >= 0.3 is 5.97 Å². The Hall–Kier alpha value is -2.04. The van der Waals surface area contributed by atoms with Gasteiger partial charge in [-0.1, -0.05) is 12.1 Å². The second kappa shape index (κ2) is 4.99. The van der Waals surface area contributed by atoms with E-state index in [1.165, 1.54) is 12.1 Å². The van der Waals surface area contributed by atoms with Gasteiger partial charge in [-0.05, 0) is 17.7 Å². The van der Waals surface area contributed by atoms with Crippen LogP contribution in [0.2, 0.25) is 0 Å². The highest BCUT2D eigenvalue weighted by molar-refractivity contribution is 5.72. The van der Waals surface area contributed by atoms with E-state index in [2.05, 4.69) is 16.7 Å². The zero-order chi connectivity index (χ0) is 11.3. The third-order valence-corrected chi connectivity index (χ3v) is 1.83. The van der Waals surface area contributed by atoms with Crippen molar-refractivity contribution in [1.29, 1.82) is 0 Å². The van der Waals surface area contributed by atoms with Gasteiger partial charge in [0.05, 0.1) is 0 Å². The van der Waals surface area contributed by atoms with Crippen LogP contribution in [0.25, 0.3) is 0 Å². The summed E-state index contributed by atoms with van der Waals surface area (Å²) in [4.78, 5) is 15.3. The van der Waals surface area contributed by atoms with E-state index in [-0.39, 0.29) is 12.2 Å². The summed E-state index contributed by atoms with van der Waals surface area (Å²) in [5.74, 6) is -0.969. The molecule has 5 heteroatoms. The summed E-state index contributed by atoms with van der Waals surface area (Å²) in [5.41, 5.74) is 0.740. The van der Waals surface area contributed by atoms with Crippen molar-refractivity contribution in [2.45, 2.75) is 12.5 Å². The first-order valence-electron chi connectivity index (χ1n) is 4.26. The number of rotatable bonds is 5. The van der Waals surface area contributed by atoms with Gasteiger partial charge in [-0.2, -0.15) is 0 Å². The minimum Gasteiger partial charge on any atom is -0.508 e. The average molecular weight is 209 g/mol. The number of oxime groups is 1. The summed E-state index contributed by atoms with van der Waals surface area (Å²) < 4.78 is 0. The lowest BCUT2D eigenvalue weighted by Gasteiger charge is -2.09. The molecule has 0 spiro atoms. The van der Waals surface area contributed by atoms with Crippen LogP contribution in [-0.4, -0.2) is 29.0 Å². The van der Waals surface area contributed by atoms with Crippen molar-refractivity contribution in [3.8, 4) is 5.75 Å². The normalized spacial score (nSPS) is 11.7. The number of phenolic OH excluding ortho intramolecular Hbond substituents is 1. The third-order valence-electron chi connectivity index (χ3n) is 1.83. The summed E-state index contributed by atoms with van der Waals surface area (Å²) in [6, 6.07) is 6.21. The Morgan fingerprint density at radius 2 is 2.07 bits per heavy atom. The quantitative estimate of drug-likeness (QED) is 0.560. The lowest BCUT2D eigenvalue weighted by atomic mass is 10.1. The minimum atomic E-state index is -1.10. The predicted octanol–water partition coefficient (Wildman–Crippen LogP) is 1.02. The van der Waals surface area contributed by atoms with Gasteiger partial charge in [-0.3, -0.25) is 0 Å². The van der Waals surface area contributed by atoms with Gasteiger partial charge in [0.25, 0.3) is 0 Å². The molecule has 1 aromatic carbocycles. The first-order valence-corrected chi connectivity index (χ1v) is 4.26. The number of aliphatic carboxylic acids is 1. The maximum Gasteiger partial charge on any atom is 0.348 e. The number of phenols is 1. The second-order valence-corrected chi connectivity index (χ2v) is 2.93. The number of carbonyl (C=O) groups is 1. The van der Waals surface area contributed by atoms with Crippen molar-refractivity contribution in [3.05, 3.63) is 29.8 Å². The lowest BCUT2D eigenvalue weighted by molar-refractivity contribution is -0.150. The highest BCUT2D eigenvalue weighted by atomic mass is 16.6. The van der Waals surface area contributed by atoms with Gasteiger partial charge in [-0.15, -0.1) is 5.16 Å². The lowest BCUT2D eigenvalue weighted by Crippen LogP contribution is -2.24. The van der Waals surface area contributed by atoms with Gasteiger partial charge < -0.3 is 15.1 Å². The highest BCUT2D eigenvalue weighted by Gasteiger charge is 2.19. The van der Waals surface area contributed by atoms with Crippen LogP contribution in [0.3, 0.4) is 0 Å². The first kappa shape index (κ1) is 11.0. The molecule has 1 aromatic rings. The first-order chi connectivity index (χ1) is 7.13. The molecule has 80 valence electrons. The molecule has 0 aliphatic heterocycles. The second-order valence-electron chi connectivity index (χ2n) is 2.93. The molecule has 5 nitrogen and oxygen atoms in total. The fourth-order valence-electron chi connectivity index (χ4n) is 1.11. The maximum atomic E-state index is 10.7. The number of hydrogen-bond acceptors (Lipinski definition) is 4. The molecule has 0 saturated carbocycles. The summed E-state index contributed by atoms with van der Waals surface area (Å²) in [6.07, 6.45) is -0.874. The molecule has 0 amide bonds. The van der Waals surface area contributed by atoms with E-state index in [9.17, 15) is 4.79 Å². The standard InChI is InChI=1S/C10H11NO4/c1-11-15-9(10(13)14)6-7-2-4-8(12)5-3-7/h2-5,9,12H,1,6H2,(H,13,14). The van der Waals surface area contributed by atoms with Crippen molar-refractivity contribution < 1.29 is 19.8 Å². The number of aromatic hydroxyl groups is 1. The van der Waals surface area contributed by atoms with Crippen molar-refractivity contribution in [2.24, 2.45) is 5.16 Å². The largest absolute Gasteiger partial charge is 0.508 e. The molecule has 1 unspecified atom stereocenters. The maximum absolute atomic E-state index is 10.7. The topological polar surface area (TPSA) is 79.1 Å². The van der Waals surface area contributed by atoms with E-state index in [1.54, 1.807) is 12.1 Å². The molecule has 0 fully saturated rings. The SMILES string of the molecule is C=NOC(Cc1ccc(O)cc1)C(=O)O. The van der Waals surface area contributed by atoms with Crippen molar-refractivity contribution in [2.75, 3.05) is 0 Å². The van der Waals surface area contributed by atoms with Gasteiger partial charge in [0.2, 0.25) is 6.10 Å². The monoisotopic (exact) mass is 209 g/mol. The molecule has 0 saturated heterocycles. The number of carboxylic acid groups (broad SMARTS) is 1. The van der Waals surface area contributed by atoms with Gasteiger partial charge in [0, 0.05) is 13.1 Å². The van der Waals surface area contributed by atoms with Gasteiger partial charge in [0.15, 0.2) is 0 Å². The van der Waals surface area contributed by atoms with E-state index in [1.807, 2.05) is 0 Å². The van der Waals surface area contributed by atoms with Crippen LogP contribution in [0.1, 0.15) is 5.56 Å². The fraction of sp³-hybridized carbons (Fsp3) is 0.200. The molecule has 15 heavy (non-hydrogen) atoms. The number of benzene rings is 1. The molecule has 2 N–H and O–H groups in total. The van der Waals surface area contributed by atoms with E-state index < -0.39 is 12.1 Å². The molecule has 0 aliphatic carbocycles. The Bertz CT molecular complexity index is 347. The van der Waals surface area contributed by atoms with Crippen LogP contribution >= 0.6 is 0 Å². The Labute approximate surface area is 86.6 Å². The van der Waals surface area contributed by atoms with Crippen LogP contribution < -0.4 is 0 Å². The molecule has 0 aromatic heterocycles. The molecule has 0 radical (unpaired) electrons. The van der Waals surface area contributed by atoms with Crippen LogP contribution in [0.4, 0.5) is 0 Å². The van der Waals surface area contributed by atoms with Crippen molar-refractivity contribution >= 4 is 12.7 Å². The van der Waals surface area contributed by atoms with E-state index >= 15 is 0 Å². The molecular formula is C10H11NO4. The number of hydrogen-bond donors (Lipinski definition) is 2. The Morgan fingerprint density at radius 3 is 2.53 bits per heavy atom. The number of nitrogens with zero attached hydrogens (tertiary/aromatic N) is 1.